The molecule has 0 spiro atoms. The van der Waals surface area contributed by atoms with Gasteiger partial charge in [-0.3, -0.25) is 0 Å². The highest BCUT2D eigenvalue weighted by Crippen LogP contribution is 2.22. The smallest absolute Gasteiger partial charge is 0.264 e. The largest absolute Gasteiger partial charge is 0.325 e. The van der Waals surface area contributed by atoms with Gasteiger partial charge < -0.3 is 5.73 Å². The summed E-state index contributed by atoms with van der Waals surface area (Å²) in [6.07, 6.45) is -1.01. The number of rotatable bonds is 3. The lowest BCUT2D eigenvalue weighted by Gasteiger charge is -2.14. The number of benzene rings is 1. The Morgan fingerprint density at radius 2 is 1.64 bits per heavy atom. The van der Waals surface area contributed by atoms with Crippen LogP contribution < -0.4 is 5.73 Å². The second-order valence-corrected chi connectivity index (χ2v) is 2.94. The maximum Gasteiger partial charge on any atom is 0.264 e. The molecule has 0 unspecified atom stereocenters. The zero-order valence-electron chi connectivity index (χ0n) is 7.24. The summed E-state index contributed by atoms with van der Waals surface area (Å²) in [6, 6.07) is 2.99. The first-order valence-corrected chi connectivity index (χ1v) is 3.97. The summed E-state index contributed by atoms with van der Waals surface area (Å²) >= 11 is 0. The molecule has 0 bridgehead atoms. The van der Waals surface area contributed by atoms with Crippen molar-refractivity contribution in [3.63, 3.8) is 0 Å². The van der Waals surface area contributed by atoms with E-state index in [-0.39, 0.29) is 0 Å². The monoisotopic (exact) mass is 207 g/mol. The van der Waals surface area contributed by atoms with Crippen LogP contribution in [0.5, 0.6) is 0 Å². The van der Waals surface area contributed by atoms with E-state index in [0.29, 0.717) is 0 Å². The van der Waals surface area contributed by atoms with Crippen LogP contribution in [0.4, 0.5) is 17.6 Å². The van der Waals surface area contributed by atoms with Gasteiger partial charge in [0, 0.05) is 12.0 Å². The van der Waals surface area contributed by atoms with E-state index in [1.54, 1.807) is 0 Å². The molecule has 1 nitrogen and oxygen atoms in total. The third-order valence-electron chi connectivity index (χ3n) is 1.80. The highest BCUT2D eigenvalue weighted by atomic mass is 19.3. The standard InChI is InChI=1S/C9H9F4N/c10-7-2-1-3-8(11)6(7)4-9(12,13)5-14/h1-3H,4-5,14H2. The molecule has 2 N–H and O–H groups in total. The summed E-state index contributed by atoms with van der Waals surface area (Å²) in [6.45, 7) is -0.930. The Bertz CT molecular complexity index is 304. The fourth-order valence-corrected chi connectivity index (χ4v) is 1.03. The summed E-state index contributed by atoms with van der Waals surface area (Å²) in [5, 5.41) is 0. The quantitative estimate of drug-likeness (QED) is 0.754. The summed E-state index contributed by atoms with van der Waals surface area (Å²) in [7, 11) is 0. The molecule has 0 heterocycles. The van der Waals surface area contributed by atoms with Crippen LogP contribution in [0.1, 0.15) is 5.56 Å². The van der Waals surface area contributed by atoms with Crippen molar-refractivity contribution < 1.29 is 17.6 Å². The minimum absolute atomic E-state index is 0.622. The highest BCUT2D eigenvalue weighted by molar-refractivity contribution is 5.21. The minimum Gasteiger partial charge on any atom is -0.325 e. The molecule has 0 atom stereocenters. The molecule has 1 aromatic rings. The van der Waals surface area contributed by atoms with E-state index in [0.717, 1.165) is 18.2 Å². The lowest BCUT2D eigenvalue weighted by molar-refractivity contribution is 0.00980. The number of alkyl halides is 2. The maximum atomic E-state index is 12.9. The Hall–Kier alpha value is -1.10. The van der Waals surface area contributed by atoms with Crippen LogP contribution in [0, 0.1) is 11.6 Å². The van der Waals surface area contributed by atoms with Crippen molar-refractivity contribution >= 4 is 0 Å². The Kier molecular flexibility index (Phi) is 3.10. The lowest BCUT2D eigenvalue weighted by atomic mass is 10.1. The van der Waals surface area contributed by atoms with Gasteiger partial charge in [0.25, 0.3) is 5.92 Å². The molecule has 1 rings (SSSR count). The number of nitrogens with two attached hydrogens (primary N) is 1. The molecule has 14 heavy (non-hydrogen) atoms. The third-order valence-corrected chi connectivity index (χ3v) is 1.80. The predicted molar refractivity (Wildman–Crippen MR) is 44.1 cm³/mol. The van der Waals surface area contributed by atoms with E-state index in [4.69, 9.17) is 5.73 Å². The average Bonchev–Trinajstić information content (AvgIpc) is 2.12. The summed E-state index contributed by atoms with van der Waals surface area (Å²) in [4.78, 5) is 0. The molecule has 0 aliphatic carbocycles. The van der Waals surface area contributed by atoms with Crippen molar-refractivity contribution in [2.45, 2.75) is 12.3 Å². The van der Waals surface area contributed by atoms with Crippen molar-refractivity contribution in [1.29, 1.82) is 0 Å². The van der Waals surface area contributed by atoms with Gasteiger partial charge in [-0.05, 0) is 12.1 Å². The third kappa shape index (κ3) is 2.45. The topological polar surface area (TPSA) is 26.0 Å². The van der Waals surface area contributed by atoms with Crippen molar-refractivity contribution in [3.8, 4) is 0 Å². The van der Waals surface area contributed by atoms with Crippen molar-refractivity contribution in [1.82, 2.24) is 0 Å². The molecule has 0 aliphatic rings. The highest BCUT2D eigenvalue weighted by Gasteiger charge is 2.29. The van der Waals surface area contributed by atoms with Crippen molar-refractivity contribution in [2.75, 3.05) is 6.54 Å². The molecule has 0 saturated heterocycles. The van der Waals surface area contributed by atoms with Gasteiger partial charge >= 0.3 is 0 Å². The zero-order chi connectivity index (χ0) is 10.8. The summed E-state index contributed by atoms with van der Waals surface area (Å²) in [5.41, 5.74) is 4.14. The number of halogens is 4. The van der Waals surface area contributed by atoms with Gasteiger partial charge in [0.05, 0.1) is 6.54 Å². The Morgan fingerprint density at radius 3 is 2.07 bits per heavy atom. The van der Waals surface area contributed by atoms with E-state index >= 15 is 0 Å². The predicted octanol–water partition coefficient (Wildman–Crippen LogP) is 2.10. The zero-order valence-corrected chi connectivity index (χ0v) is 7.24. The van der Waals surface area contributed by atoms with E-state index < -0.39 is 36.1 Å². The molecule has 0 saturated carbocycles. The molecule has 0 radical (unpaired) electrons. The van der Waals surface area contributed by atoms with Crippen LogP contribution in [-0.2, 0) is 6.42 Å². The van der Waals surface area contributed by atoms with Crippen LogP contribution in [0.25, 0.3) is 0 Å². The maximum absolute atomic E-state index is 12.9. The van der Waals surface area contributed by atoms with Crippen LogP contribution in [0.3, 0.4) is 0 Å². The average molecular weight is 207 g/mol. The molecule has 5 heteroatoms. The second-order valence-electron chi connectivity index (χ2n) is 2.94. The first-order valence-electron chi connectivity index (χ1n) is 3.97. The Labute approximate surface area is 78.5 Å². The fraction of sp³-hybridized carbons (Fsp3) is 0.333. The second kappa shape index (κ2) is 3.96. The van der Waals surface area contributed by atoms with Gasteiger partial charge in [0.2, 0.25) is 0 Å². The van der Waals surface area contributed by atoms with Crippen LogP contribution in [0.2, 0.25) is 0 Å². The lowest BCUT2D eigenvalue weighted by Crippen LogP contribution is -2.30. The Morgan fingerprint density at radius 1 is 1.14 bits per heavy atom. The van der Waals surface area contributed by atoms with Gasteiger partial charge in [-0.1, -0.05) is 6.07 Å². The van der Waals surface area contributed by atoms with Gasteiger partial charge in [0.1, 0.15) is 11.6 Å². The van der Waals surface area contributed by atoms with E-state index in [1.165, 1.54) is 0 Å². The minimum atomic E-state index is -3.27. The molecule has 0 aromatic heterocycles. The van der Waals surface area contributed by atoms with Crippen LogP contribution in [-0.4, -0.2) is 12.5 Å². The van der Waals surface area contributed by atoms with Crippen molar-refractivity contribution in [2.24, 2.45) is 5.73 Å². The van der Waals surface area contributed by atoms with E-state index in [1.807, 2.05) is 0 Å². The van der Waals surface area contributed by atoms with Gasteiger partial charge in [0.15, 0.2) is 0 Å². The van der Waals surface area contributed by atoms with Crippen LogP contribution >= 0.6 is 0 Å². The SMILES string of the molecule is NCC(F)(F)Cc1c(F)cccc1F. The van der Waals surface area contributed by atoms with Gasteiger partial charge in [-0.2, -0.15) is 0 Å². The van der Waals surface area contributed by atoms with Gasteiger partial charge in [-0.15, -0.1) is 0 Å². The van der Waals surface area contributed by atoms with E-state index in [9.17, 15) is 17.6 Å². The van der Waals surface area contributed by atoms with Crippen LogP contribution in [0.15, 0.2) is 18.2 Å². The molecule has 0 amide bonds. The summed E-state index contributed by atoms with van der Waals surface area (Å²) in [5.74, 6) is -5.22. The molecule has 78 valence electrons. The molecule has 0 fully saturated rings. The molecular formula is C9H9F4N. The van der Waals surface area contributed by atoms with Crippen molar-refractivity contribution in [3.05, 3.63) is 35.4 Å². The normalized spacial score (nSPS) is 11.8. The molecular weight excluding hydrogens is 198 g/mol. The number of hydrogen-bond acceptors (Lipinski definition) is 1. The summed E-state index contributed by atoms with van der Waals surface area (Å²) < 4.78 is 51.3. The molecule has 0 aliphatic heterocycles. The molecule has 1 aromatic carbocycles. The fourth-order valence-electron chi connectivity index (χ4n) is 1.03. The Balaban J connectivity index is 2.97. The first kappa shape index (κ1) is 11.0. The number of hydrogen-bond donors (Lipinski definition) is 1. The first-order chi connectivity index (χ1) is 6.46. The van der Waals surface area contributed by atoms with E-state index in [2.05, 4.69) is 0 Å². The van der Waals surface area contributed by atoms with Gasteiger partial charge in [-0.25, -0.2) is 17.6 Å².